The van der Waals surface area contributed by atoms with Gasteiger partial charge in [-0.1, -0.05) is 18.2 Å². The maximum Gasteiger partial charge on any atom is 0.348 e. The predicted octanol–water partition coefficient (Wildman–Crippen LogP) is 2.26. The van der Waals surface area contributed by atoms with Crippen molar-refractivity contribution in [3.05, 3.63) is 41.6 Å². The molecular formula is C17H15N3O3. The van der Waals surface area contributed by atoms with Crippen LogP contribution in [0.1, 0.15) is 5.56 Å². The molecule has 0 saturated carbocycles. The van der Waals surface area contributed by atoms with Crippen LogP contribution in [0.3, 0.4) is 0 Å². The number of benzene rings is 1. The average Bonchev–Trinajstić information content (AvgIpc) is 2.91. The van der Waals surface area contributed by atoms with E-state index < -0.39 is 5.97 Å². The third kappa shape index (κ3) is 3.76. The van der Waals surface area contributed by atoms with E-state index >= 15 is 0 Å². The monoisotopic (exact) mass is 309 g/mol. The summed E-state index contributed by atoms with van der Waals surface area (Å²) in [5.74, 6) is -0.693. The first-order valence-electron chi connectivity index (χ1n) is 6.94. The predicted molar refractivity (Wildman–Crippen MR) is 84.0 cm³/mol. The maximum atomic E-state index is 11.9. The summed E-state index contributed by atoms with van der Waals surface area (Å²) in [5, 5.41) is 18.9. The van der Waals surface area contributed by atoms with Crippen molar-refractivity contribution in [1.29, 1.82) is 10.5 Å². The molecule has 116 valence electrons. The second-order valence-corrected chi connectivity index (χ2v) is 4.69. The van der Waals surface area contributed by atoms with Gasteiger partial charge in [-0.3, -0.25) is 0 Å². The largest absolute Gasteiger partial charge is 0.459 e. The van der Waals surface area contributed by atoms with Crippen LogP contribution in [-0.4, -0.2) is 30.9 Å². The molecule has 0 aliphatic heterocycles. The van der Waals surface area contributed by atoms with Gasteiger partial charge in [0.05, 0.1) is 12.7 Å². The molecule has 2 aromatic rings. The number of fused-ring (bicyclic) bond motifs is 1. The van der Waals surface area contributed by atoms with Crippen molar-refractivity contribution in [2.75, 3.05) is 20.3 Å². The number of carbonyl (C=O) groups excluding carboxylic acids is 1. The number of nitrogens with zero attached hydrogens (tertiary/aromatic N) is 3. The lowest BCUT2D eigenvalue weighted by atomic mass is 10.1. The summed E-state index contributed by atoms with van der Waals surface area (Å²) in [5.41, 5.74) is 1.46. The highest BCUT2D eigenvalue weighted by molar-refractivity contribution is 6.01. The fraction of sp³-hybridized carbons (Fsp3) is 0.235. The van der Waals surface area contributed by atoms with Gasteiger partial charge in [0.1, 0.15) is 24.8 Å². The number of aromatic nitrogens is 1. The second-order valence-electron chi connectivity index (χ2n) is 4.69. The summed E-state index contributed by atoms with van der Waals surface area (Å²) in [6.07, 6.45) is 3.22. The molecule has 0 amide bonds. The van der Waals surface area contributed by atoms with Gasteiger partial charge in [0.2, 0.25) is 0 Å². The van der Waals surface area contributed by atoms with E-state index in [1.807, 2.05) is 30.3 Å². The molecule has 6 heteroatoms. The van der Waals surface area contributed by atoms with E-state index in [-0.39, 0.29) is 25.3 Å². The van der Waals surface area contributed by atoms with Gasteiger partial charge >= 0.3 is 5.97 Å². The van der Waals surface area contributed by atoms with E-state index in [1.165, 1.54) is 13.2 Å². The summed E-state index contributed by atoms with van der Waals surface area (Å²) in [4.78, 5) is 11.9. The average molecular weight is 309 g/mol. The van der Waals surface area contributed by atoms with Crippen LogP contribution < -0.4 is 0 Å². The number of rotatable bonds is 6. The first-order valence-corrected chi connectivity index (χ1v) is 6.94. The van der Waals surface area contributed by atoms with Crippen LogP contribution in [0, 0.1) is 22.7 Å². The number of para-hydroxylation sites is 1. The van der Waals surface area contributed by atoms with E-state index in [2.05, 4.69) is 6.07 Å². The Labute approximate surface area is 133 Å². The van der Waals surface area contributed by atoms with E-state index in [0.29, 0.717) is 5.56 Å². The normalized spacial score (nSPS) is 11.0. The molecule has 0 bridgehead atoms. The highest BCUT2D eigenvalue weighted by Crippen LogP contribution is 2.23. The molecule has 1 aromatic carbocycles. The zero-order valence-electron chi connectivity index (χ0n) is 12.7. The summed E-state index contributed by atoms with van der Waals surface area (Å²) in [6, 6.07) is 11.4. The number of nitriles is 2. The molecule has 0 aliphatic rings. The van der Waals surface area contributed by atoms with Crippen molar-refractivity contribution >= 4 is 22.9 Å². The third-order valence-electron chi connectivity index (χ3n) is 3.22. The summed E-state index contributed by atoms with van der Waals surface area (Å²) < 4.78 is 11.5. The zero-order valence-corrected chi connectivity index (χ0v) is 12.7. The number of carbonyl (C=O) groups is 1. The summed E-state index contributed by atoms with van der Waals surface area (Å²) in [6.45, 7) is 0.547. The molecule has 1 aromatic heterocycles. The Balaban J connectivity index is 2.37. The topological polar surface area (TPSA) is 88.0 Å². The number of ether oxygens (including phenoxy) is 2. The smallest absolute Gasteiger partial charge is 0.348 e. The Hall–Kier alpha value is -3.09. The Morgan fingerprint density at radius 2 is 2.09 bits per heavy atom. The molecular weight excluding hydrogens is 294 g/mol. The Bertz CT molecular complexity index is 822. The number of esters is 1. The molecule has 0 saturated heterocycles. The third-order valence-corrected chi connectivity index (χ3v) is 3.22. The molecule has 6 nitrogen and oxygen atoms in total. The maximum absolute atomic E-state index is 11.9. The van der Waals surface area contributed by atoms with Crippen LogP contribution in [0.25, 0.3) is 17.0 Å². The molecule has 0 radical (unpaired) electrons. The minimum absolute atomic E-state index is 0.0878. The van der Waals surface area contributed by atoms with Gasteiger partial charge in [0.25, 0.3) is 0 Å². The molecule has 0 atom stereocenters. The Morgan fingerprint density at radius 1 is 1.30 bits per heavy atom. The van der Waals surface area contributed by atoms with Crippen molar-refractivity contribution in [2.45, 2.75) is 6.54 Å². The standard InChI is InChI=1S/C17H15N3O3/c1-22-8-9-23-17(21)13(11-19)10-14-12-20(7-6-18)16-5-3-2-4-15(14)16/h2-5,10,12H,7-9H2,1H3. The number of hydrogen-bond donors (Lipinski definition) is 0. The zero-order chi connectivity index (χ0) is 16.7. The van der Waals surface area contributed by atoms with Crippen molar-refractivity contribution in [2.24, 2.45) is 0 Å². The molecule has 0 N–H and O–H groups in total. The Morgan fingerprint density at radius 3 is 2.78 bits per heavy atom. The van der Waals surface area contributed by atoms with Crippen LogP contribution in [0.2, 0.25) is 0 Å². The van der Waals surface area contributed by atoms with Gasteiger partial charge in [-0.15, -0.1) is 0 Å². The molecule has 0 spiro atoms. The van der Waals surface area contributed by atoms with Gasteiger partial charge < -0.3 is 14.0 Å². The fourth-order valence-electron chi connectivity index (χ4n) is 2.18. The second kappa shape index (κ2) is 7.79. The van der Waals surface area contributed by atoms with Crippen LogP contribution in [0.15, 0.2) is 36.0 Å². The highest BCUT2D eigenvalue weighted by atomic mass is 16.6. The van der Waals surface area contributed by atoms with E-state index in [0.717, 1.165) is 10.9 Å². The first kappa shape index (κ1) is 16.3. The fourth-order valence-corrected chi connectivity index (χ4v) is 2.18. The van der Waals surface area contributed by atoms with Gasteiger partial charge in [0, 0.05) is 29.8 Å². The van der Waals surface area contributed by atoms with Crippen molar-refractivity contribution in [3.8, 4) is 12.1 Å². The van der Waals surface area contributed by atoms with Crippen LogP contribution >= 0.6 is 0 Å². The van der Waals surface area contributed by atoms with E-state index in [4.69, 9.17) is 14.7 Å². The lowest BCUT2D eigenvalue weighted by Gasteiger charge is -2.02. The van der Waals surface area contributed by atoms with Crippen LogP contribution in [-0.2, 0) is 20.8 Å². The summed E-state index contributed by atoms with van der Waals surface area (Å²) in [7, 11) is 1.50. The minimum Gasteiger partial charge on any atom is -0.459 e. The molecule has 2 rings (SSSR count). The number of methoxy groups -OCH3 is 1. The summed E-state index contributed by atoms with van der Waals surface area (Å²) >= 11 is 0. The SMILES string of the molecule is COCCOC(=O)C(C#N)=Cc1cn(CC#N)c2ccccc12. The van der Waals surface area contributed by atoms with Crippen molar-refractivity contribution in [1.82, 2.24) is 4.57 Å². The quantitative estimate of drug-likeness (QED) is 0.353. The van der Waals surface area contributed by atoms with Gasteiger partial charge in [-0.2, -0.15) is 10.5 Å². The molecule has 1 heterocycles. The van der Waals surface area contributed by atoms with E-state index in [9.17, 15) is 10.1 Å². The lowest BCUT2D eigenvalue weighted by molar-refractivity contribution is -0.139. The van der Waals surface area contributed by atoms with Crippen molar-refractivity contribution in [3.63, 3.8) is 0 Å². The van der Waals surface area contributed by atoms with E-state index in [1.54, 1.807) is 10.8 Å². The van der Waals surface area contributed by atoms with Gasteiger partial charge in [0.15, 0.2) is 0 Å². The van der Waals surface area contributed by atoms with Crippen LogP contribution in [0.4, 0.5) is 0 Å². The Kier molecular flexibility index (Phi) is 5.51. The molecule has 0 unspecified atom stereocenters. The van der Waals surface area contributed by atoms with Crippen LogP contribution in [0.5, 0.6) is 0 Å². The minimum atomic E-state index is -0.693. The van der Waals surface area contributed by atoms with Gasteiger partial charge in [-0.25, -0.2) is 4.79 Å². The highest BCUT2D eigenvalue weighted by Gasteiger charge is 2.13. The number of hydrogen-bond acceptors (Lipinski definition) is 5. The van der Waals surface area contributed by atoms with Crippen molar-refractivity contribution < 1.29 is 14.3 Å². The lowest BCUT2D eigenvalue weighted by Crippen LogP contribution is -2.11. The molecule has 0 fully saturated rings. The first-order chi connectivity index (χ1) is 11.2. The molecule has 23 heavy (non-hydrogen) atoms. The molecule has 0 aliphatic carbocycles. The van der Waals surface area contributed by atoms with Gasteiger partial charge in [-0.05, 0) is 12.1 Å².